The van der Waals surface area contributed by atoms with Crippen LogP contribution in [0.4, 0.5) is 5.69 Å². The van der Waals surface area contributed by atoms with Crippen molar-refractivity contribution in [2.75, 3.05) is 5.32 Å². The maximum Gasteiger partial charge on any atom is 0.291 e. The molecule has 1 aromatic heterocycles. The number of hydrogen-bond acceptors (Lipinski definition) is 3. The summed E-state index contributed by atoms with van der Waals surface area (Å²) in [5.74, 6) is 0. The minimum Gasteiger partial charge on any atom is -0.377 e. The molecule has 1 atom stereocenters. The first-order chi connectivity index (χ1) is 12.5. The second kappa shape index (κ2) is 6.95. The molecule has 0 spiro atoms. The standard InChI is InChI=1S/C19H14Cl3N3O/c20-14-9-12(25-19(26)18(22)15(21)10-23-25)6-8-17(14)24-16-7-5-11-3-1-2-4-13(11)16/h1-4,6,8-10,16,24H,5,7H2. The highest BCUT2D eigenvalue weighted by atomic mass is 35.5. The van der Waals surface area contributed by atoms with E-state index in [1.54, 1.807) is 12.1 Å². The SMILES string of the molecule is O=c1c(Cl)c(Cl)cnn1-c1ccc(NC2CCc3ccccc32)c(Cl)c1. The van der Waals surface area contributed by atoms with Gasteiger partial charge < -0.3 is 5.32 Å². The summed E-state index contributed by atoms with van der Waals surface area (Å²) in [6.45, 7) is 0. The van der Waals surface area contributed by atoms with Gasteiger partial charge in [0.05, 0.1) is 33.7 Å². The van der Waals surface area contributed by atoms with Gasteiger partial charge in [0.15, 0.2) is 0 Å². The molecule has 0 fully saturated rings. The Morgan fingerprint density at radius 1 is 1.08 bits per heavy atom. The summed E-state index contributed by atoms with van der Waals surface area (Å²) in [6, 6.07) is 13.9. The van der Waals surface area contributed by atoms with Crippen LogP contribution < -0.4 is 10.9 Å². The predicted molar refractivity (Wildman–Crippen MR) is 106 cm³/mol. The van der Waals surface area contributed by atoms with Crippen molar-refractivity contribution in [3.05, 3.63) is 85.2 Å². The Bertz CT molecular complexity index is 1050. The van der Waals surface area contributed by atoms with Crippen LogP contribution in [0.3, 0.4) is 0 Å². The Morgan fingerprint density at radius 2 is 1.88 bits per heavy atom. The number of benzene rings is 2. The van der Waals surface area contributed by atoms with Crippen LogP contribution in [-0.2, 0) is 6.42 Å². The molecule has 1 heterocycles. The minimum atomic E-state index is -0.485. The van der Waals surface area contributed by atoms with Crippen LogP contribution in [0.15, 0.2) is 53.5 Å². The van der Waals surface area contributed by atoms with Crippen molar-refractivity contribution in [3.8, 4) is 5.69 Å². The molecule has 0 saturated carbocycles. The number of fused-ring (bicyclic) bond motifs is 1. The van der Waals surface area contributed by atoms with Crippen molar-refractivity contribution >= 4 is 40.5 Å². The van der Waals surface area contributed by atoms with Crippen LogP contribution in [-0.4, -0.2) is 9.78 Å². The zero-order valence-corrected chi connectivity index (χ0v) is 15.8. The molecule has 1 aliphatic carbocycles. The second-order valence-corrected chi connectivity index (χ2v) is 7.31. The third-order valence-electron chi connectivity index (χ3n) is 4.54. The van der Waals surface area contributed by atoms with E-state index in [0.717, 1.165) is 18.5 Å². The highest BCUT2D eigenvalue weighted by molar-refractivity contribution is 6.41. The van der Waals surface area contributed by atoms with E-state index in [-0.39, 0.29) is 16.1 Å². The first-order valence-electron chi connectivity index (χ1n) is 8.12. The maximum absolute atomic E-state index is 12.2. The third kappa shape index (κ3) is 3.09. The molecule has 0 aliphatic heterocycles. The molecule has 0 saturated heterocycles. The molecule has 0 bridgehead atoms. The van der Waals surface area contributed by atoms with Gasteiger partial charge in [-0.15, -0.1) is 0 Å². The van der Waals surface area contributed by atoms with Gasteiger partial charge in [-0.3, -0.25) is 4.79 Å². The third-order valence-corrected chi connectivity index (χ3v) is 5.60. The summed E-state index contributed by atoms with van der Waals surface area (Å²) in [5, 5.41) is 8.08. The molecular formula is C19H14Cl3N3O. The van der Waals surface area contributed by atoms with Gasteiger partial charge in [0.2, 0.25) is 0 Å². The fourth-order valence-electron chi connectivity index (χ4n) is 3.24. The van der Waals surface area contributed by atoms with Gasteiger partial charge >= 0.3 is 0 Å². The van der Waals surface area contributed by atoms with Gasteiger partial charge in [0.1, 0.15) is 5.02 Å². The lowest BCUT2D eigenvalue weighted by Crippen LogP contribution is -2.21. The normalized spacial score (nSPS) is 15.7. The highest BCUT2D eigenvalue weighted by Crippen LogP contribution is 2.36. The topological polar surface area (TPSA) is 46.9 Å². The van der Waals surface area contributed by atoms with E-state index in [9.17, 15) is 4.79 Å². The van der Waals surface area contributed by atoms with Gasteiger partial charge in [0.25, 0.3) is 5.56 Å². The number of aromatic nitrogens is 2. The van der Waals surface area contributed by atoms with Crippen molar-refractivity contribution in [2.45, 2.75) is 18.9 Å². The first kappa shape index (κ1) is 17.4. The molecule has 1 unspecified atom stereocenters. The van der Waals surface area contributed by atoms with E-state index >= 15 is 0 Å². The summed E-state index contributed by atoms with van der Waals surface area (Å²) >= 11 is 18.2. The van der Waals surface area contributed by atoms with Crippen LogP contribution in [0, 0.1) is 0 Å². The number of rotatable bonds is 3. The quantitative estimate of drug-likeness (QED) is 0.642. The molecular weight excluding hydrogens is 393 g/mol. The minimum absolute atomic E-state index is 0.0671. The first-order valence-corrected chi connectivity index (χ1v) is 9.25. The molecule has 132 valence electrons. The maximum atomic E-state index is 12.2. The van der Waals surface area contributed by atoms with Crippen molar-refractivity contribution in [1.82, 2.24) is 9.78 Å². The van der Waals surface area contributed by atoms with Gasteiger partial charge in [-0.05, 0) is 42.2 Å². The van der Waals surface area contributed by atoms with Gasteiger partial charge in [0, 0.05) is 0 Å². The summed E-state index contributed by atoms with van der Waals surface area (Å²) in [7, 11) is 0. The van der Waals surface area contributed by atoms with Crippen LogP contribution in [0.2, 0.25) is 15.1 Å². The average Bonchev–Trinajstić information content (AvgIpc) is 3.05. The van der Waals surface area contributed by atoms with Crippen molar-refractivity contribution in [3.63, 3.8) is 0 Å². The molecule has 0 radical (unpaired) electrons. The molecule has 2 aromatic carbocycles. The van der Waals surface area contributed by atoms with Gasteiger partial charge in [-0.25, -0.2) is 0 Å². The lowest BCUT2D eigenvalue weighted by molar-refractivity contribution is 0.761. The number of halogens is 3. The average molecular weight is 407 g/mol. The number of hydrogen-bond donors (Lipinski definition) is 1. The summed E-state index contributed by atoms with van der Waals surface area (Å²) in [5.41, 5.74) is 3.51. The summed E-state index contributed by atoms with van der Waals surface area (Å²) in [6.07, 6.45) is 3.40. The van der Waals surface area contributed by atoms with E-state index in [1.807, 2.05) is 12.1 Å². The van der Waals surface area contributed by atoms with Gasteiger partial charge in [-0.1, -0.05) is 59.1 Å². The fourth-order valence-corrected chi connectivity index (χ4v) is 3.73. The molecule has 0 amide bonds. The van der Waals surface area contributed by atoms with E-state index in [4.69, 9.17) is 34.8 Å². The van der Waals surface area contributed by atoms with Crippen LogP contribution in [0.1, 0.15) is 23.6 Å². The number of aryl methyl sites for hydroxylation is 1. The summed E-state index contributed by atoms with van der Waals surface area (Å²) < 4.78 is 1.18. The molecule has 7 heteroatoms. The van der Waals surface area contributed by atoms with Gasteiger partial charge in [-0.2, -0.15) is 9.78 Å². The van der Waals surface area contributed by atoms with E-state index in [2.05, 4.69) is 28.6 Å². The van der Waals surface area contributed by atoms with Crippen LogP contribution in [0.25, 0.3) is 5.69 Å². The molecule has 3 aromatic rings. The van der Waals surface area contributed by atoms with E-state index < -0.39 is 5.56 Å². The number of nitrogens with zero attached hydrogens (tertiary/aromatic N) is 2. The van der Waals surface area contributed by atoms with Crippen molar-refractivity contribution in [2.24, 2.45) is 0 Å². The molecule has 4 rings (SSSR count). The predicted octanol–water partition coefficient (Wildman–Crippen LogP) is 5.29. The summed E-state index contributed by atoms with van der Waals surface area (Å²) in [4.78, 5) is 12.2. The number of anilines is 1. The molecule has 1 N–H and O–H groups in total. The number of nitrogens with one attached hydrogen (secondary N) is 1. The molecule has 1 aliphatic rings. The zero-order valence-electron chi connectivity index (χ0n) is 13.5. The van der Waals surface area contributed by atoms with Crippen LogP contribution >= 0.6 is 34.8 Å². The largest absolute Gasteiger partial charge is 0.377 e. The van der Waals surface area contributed by atoms with Crippen LogP contribution in [0.5, 0.6) is 0 Å². The smallest absolute Gasteiger partial charge is 0.291 e. The van der Waals surface area contributed by atoms with Crippen molar-refractivity contribution in [1.29, 1.82) is 0 Å². The Balaban J connectivity index is 1.64. The highest BCUT2D eigenvalue weighted by Gasteiger charge is 2.22. The van der Waals surface area contributed by atoms with E-state index in [0.29, 0.717) is 10.7 Å². The Kier molecular flexibility index (Phi) is 4.65. The fraction of sp³-hybridized carbons (Fsp3) is 0.158. The lowest BCUT2D eigenvalue weighted by atomic mass is 10.1. The molecule has 4 nitrogen and oxygen atoms in total. The zero-order chi connectivity index (χ0) is 18.3. The second-order valence-electron chi connectivity index (χ2n) is 6.12. The Hall–Kier alpha value is -2.01. The van der Waals surface area contributed by atoms with Crippen molar-refractivity contribution < 1.29 is 0 Å². The monoisotopic (exact) mass is 405 g/mol. The Morgan fingerprint density at radius 3 is 2.69 bits per heavy atom. The Labute approximate surface area is 165 Å². The molecule has 26 heavy (non-hydrogen) atoms. The van der Waals surface area contributed by atoms with E-state index in [1.165, 1.54) is 22.0 Å². The lowest BCUT2D eigenvalue weighted by Gasteiger charge is -2.17.